The van der Waals surface area contributed by atoms with Crippen LogP contribution in [0.2, 0.25) is 0 Å². The van der Waals surface area contributed by atoms with Gasteiger partial charge in [-0.2, -0.15) is 0 Å². The molecule has 0 amide bonds. The van der Waals surface area contributed by atoms with E-state index >= 15 is 0 Å². The summed E-state index contributed by atoms with van der Waals surface area (Å²) in [6.45, 7) is 12.3. The van der Waals surface area contributed by atoms with Gasteiger partial charge in [0.2, 0.25) is 0 Å². The van der Waals surface area contributed by atoms with E-state index < -0.39 is 0 Å². The lowest BCUT2D eigenvalue weighted by atomic mass is 9.74. The molecule has 7 heteroatoms. The molecule has 1 unspecified atom stereocenters. The third-order valence-corrected chi connectivity index (χ3v) is 5.75. The van der Waals surface area contributed by atoms with Gasteiger partial charge in [-0.3, -0.25) is 4.99 Å². The van der Waals surface area contributed by atoms with Gasteiger partial charge in [0.05, 0.1) is 12.7 Å². The molecule has 1 aliphatic heterocycles. The van der Waals surface area contributed by atoms with Crippen molar-refractivity contribution in [1.29, 1.82) is 0 Å². The average Bonchev–Trinajstić information content (AvgIpc) is 2.71. The maximum Gasteiger partial charge on any atom is 0.191 e. The zero-order chi connectivity index (χ0) is 21.3. The first-order valence-corrected chi connectivity index (χ1v) is 10.6. The highest BCUT2D eigenvalue weighted by molar-refractivity contribution is 14.0. The molecule has 0 bridgehead atoms. The summed E-state index contributed by atoms with van der Waals surface area (Å²) in [5, 5.41) is 6.97. The number of aliphatic imine (C=N–C) groups is 1. The minimum absolute atomic E-state index is 0. The second-order valence-electron chi connectivity index (χ2n) is 8.75. The van der Waals surface area contributed by atoms with Crippen LogP contribution in [0.3, 0.4) is 0 Å². The van der Waals surface area contributed by atoms with Crippen molar-refractivity contribution in [2.24, 2.45) is 10.4 Å². The van der Waals surface area contributed by atoms with E-state index in [-0.39, 0.29) is 40.9 Å². The first-order valence-electron chi connectivity index (χ1n) is 10.6. The van der Waals surface area contributed by atoms with Crippen molar-refractivity contribution in [2.75, 3.05) is 47.1 Å². The molecule has 1 saturated heterocycles. The Morgan fingerprint density at radius 1 is 1.17 bits per heavy atom. The quantitative estimate of drug-likeness (QED) is 0.301. The van der Waals surface area contributed by atoms with Gasteiger partial charge >= 0.3 is 0 Å². The maximum absolute atomic E-state index is 5.66. The van der Waals surface area contributed by atoms with E-state index in [1.807, 2.05) is 14.0 Å². The van der Waals surface area contributed by atoms with Gasteiger partial charge in [0.25, 0.3) is 0 Å². The van der Waals surface area contributed by atoms with Crippen molar-refractivity contribution in [3.63, 3.8) is 0 Å². The van der Waals surface area contributed by atoms with Gasteiger partial charge < -0.3 is 24.8 Å². The molecular weight excluding hydrogens is 493 g/mol. The minimum atomic E-state index is 0. The Bertz CT molecular complexity index is 638. The SMILES string of the molecule is CCOc1ccc(C2(CNC(=NC)NCC(OC)C(C)(C)C)CCOCC2)cc1.I. The van der Waals surface area contributed by atoms with Gasteiger partial charge in [0.15, 0.2) is 5.96 Å². The van der Waals surface area contributed by atoms with Crippen LogP contribution in [0.15, 0.2) is 29.3 Å². The largest absolute Gasteiger partial charge is 0.494 e. The van der Waals surface area contributed by atoms with Crippen molar-refractivity contribution in [3.8, 4) is 5.75 Å². The number of hydrogen-bond donors (Lipinski definition) is 2. The van der Waals surface area contributed by atoms with Gasteiger partial charge in [0, 0.05) is 45.9 Å². The normalized spacial score (nSPS) is 17.6. The molecule has 0 aromatic heterocycles. The Morgan fingerprint density at radius 2 is 1.80 bits per heavy atom. The first-order chi connectivity index (χ1) is 13.8. The van der Waals surface area contributed by atoms with E-state index in [4.69, 9.17) is 14.2 Å². The fraction of sp³-hybridized carbons (Fsp3) is 0.696. The standard InChI is InChI=1S/C23H39N3O3.HI/c1-7-29-19-10-8-18(9-11-19)23(12-14-28-15-13-23)17-26-21(24-5)25-16-20(27-6)22(2,3)4;/h8-11,20H,7,12-17H2,1-6H3,(H2,24,25,26);1H. The number of hydrogen-bond acceptors (Lipinski definition) is 4. The Hall–Kier alpha value is -1.06. The molecular formula is C23H40IN3O3. The number of nitrogens with zero attached hydrogens (tertiary/aromatic N) is 1. The average molecular weight is 533 g/mol. The summed E-state index contributed by atoms with van der Waals surface area (Å²) in [6.07, 6.45) is 2.06. The summed E-state index contributed by atoms with van der Waals surface area (Å²) in [6, 6.07) is 8.51. The van der Waals surface area contributed by atoms with Crippen molar-refractivity contribution in [2.45, 2.75) is 52.1 Å². The van der Waals surface area contributed by atoms with Crippen LogP contribution < -0.4 is 15.4 Å². The third-order valence-electron chi connectivity index (χ3n) is 5.75. The molecule has 1 aromatic carbocycles. The Balaban J connectivity index is 0.00000450. The topological polar surface area (TPSA) is 64.1 Å². The number of methoxy groups -OCH3 is 1. The van der Waals surface area contributed by atoms with Crippen LogP contribution in [0.5, 0.6) is 5.75 Å². The summed E-state index contributed by atoms with van der Waals surface area (Å²) >= 11 is 0. The zero-order valence-corrected chi connectivity index (χ0v) is 21.7. The van der Waals surface area contributed by atoms with Gasteiger partial charge in [-0.05, 0) is 42.9 Å². The number of rotatable bonds is 8. The van der Waals surface area contributed by atoms with Gasteiger partial charge in [0.1, 0.15) is 5.75 Å². The number of guanidine groups is 1. The summed E-state index contributed by atoms with van der Waals surface area (Å²) in [7, 11) is 3.57. The van der Waals surface area contributed by atoms with Crippen LogP contribution in [-0.2, 0) is 14.9 Å². The van der Waals surface area contributed by atoms with Crippen molar-refractivity contribution in [3.05, 3.63) is 29.8 Å². The first kappa shape index (κ1) is 27.0. The van der Waals surface area contributed by atoms with E-state index in [0.717, 1.165) is 44.3 Å². The van der Waals surface area contributed by atoms with Crippen molar-refractivity contribution in [1.82, 2.24) is 10.6 Å². The monoisotopic (exact) mass is 533 g/mol. The second kappa shape index (κ2) is 12.7. The van der Waals surface area contributed by atoms with Crippen LogP contribution in [0.1, 0.15) is 46.1 Å². The fourth-order valence-corrected chi connectivity index (χ4v) is 3.81. The highest BCUT2D eigenvalue weighted by atomic mass is 127. The van der Waals surface area contributed by atoms with Crippen molar-refractivity contribution < 1.29 is 14.2 Å². The van der Waals surface area contributed by atoms with E-state index in [2.05, 4.69) is 60.7 Å². The molecule has 1 aromatic rings. The highest BCUT2D eigenvalue weighted by Crippen LogP contribution is 2.35. The van der Waals surface area contributed by atoms with E-state index in [1.54, 1.807) is 7.11 Å². The molecule has 172 valence electrons. The molecule has 1 fully saturated rings. The third kappa shape index (κ3) is 7.57. The highest BCUT2D eigenvalue weighted by Gasteiger charge is 2.35. The summed E-state index contributed by atoms with van der Waals surface area (Å²) in [5.74, 6) is 1.71. The molecule has 6 nitrogen and oxygen atoms in total. The molecule has 2 N–H and O–H groups in total. The predicted molar refractivity (Wildman–Crippen MR) is 134 cm³/mol. The summed E-state index contributed by atoms with van der Waals surface area (Å²) in [5.41, 5.74) is 1.40. The van der Waals surface area contributed by atoms with E-state index in [0.29, 0.717) is 13.2 Å². The summed E-state index contributed by atoms with van der Waals surface area (Å²) in [4.78, 5) is 4.41. The Labute approximate surface area is 199 Å². The second-order valence-corrected chi connectivity index (χ2v) is 8.75. The van der Waals surface area contributed by atoms with Gasteiger partial charge in [-0.1, -0.05) is 32.9 Å². The molecule has 1 atom stereocenters. The Morgan fingerprint density at radius 3 is 2.30 bits per heavy atom. The lowest BCUT2D eigenvalue weighted by Gasteiger charge is -2.38. The molecule has 0 saturated carbocycles. The maximum atomic E-state index is 5.66. The van der Waals surface area contributed by atoms with Crippen LogP contribution in [0.25, 0.3) is 0 Å². The fourth-order valence-electron chi connectivity index (χ4n) is 3.81. The lowest BCUT2D eigenvalue weighted by molar-refractivity contribution is 0.0204. The minimum Gasteiger partial charge on any atom is -0.494 e. The molecule has 0 aliphatic carbocycles. The van der Waals surface area contributed by atoms with Gasteiger partial charge in [-0.15, -0.1) is 24.0 Å². The smallest absolute Gasteiger partial charge is 0.191 e. The summed E-state index contributed by atoms with van der Waals surface area (Å²) < 4.78 is 16.9. The number of ether oxygens (including phenoxy) is 3. The van der Waals surface area contributed by atoms with Crippen LogP contribution >= 0.6 is 24.0 Å². The van der Waals surface area contributed by atoms with Crippen LogP contribution in [0.4, 0.5) is 0 Å². The van der Waals surface area contributed by atoms with Crippen LogP contribution in [-0.4, -0.2) is 59.1 Å². The van der Waals surface area contributed by atoms with E-state index in [9.17, 15) is 0 Å². The molecule has 0 radical (unpaired) electrons. The predicted octanol–water partition coefficient (Wildman–Crippen LogP) is 3.98. The number of nitrogens with one attached hydrogen (secondary N) is 2. The lowest BCUT2D eigenvalue weighted by Crippen LogP contribution is -2.50. The zero-order valence-electron chi connectivity index (χ0n) is 19.4. The molecule has 0 spiro atoms. The van der Waals surface area contributed by atoms with E-state index in [1.165, 1.54) is 5.56 Å². The number of benzene rings is 1. The van der Waals surface area contributed by atoms with Gasteiger partial charge in [-0.25, -0.2) is 0 Å². The van der Waals surface area contributed by atoms with Crippen molar-refractivity contribution >= 4 is 29.9 Å². The molecule has 1 heterocycles. The number of halogens is 1. The molecule has 30 heavy (non-hydrogen) atoms. The molecule has 2 rings (SSSR count). The Kier molecular flexibility index (Phi) is 11.4. The molecule has 1 aliphatic rings. The van der Waals surface area contributed by atoms with Crippen LogP contribution in [0, 0.1) is 5.41 Å².